The van der Waals surface area contributed by atoms with Crippen molar-refractivity contribution >= 4 is 11.9 Å². The van der Waals surface area contributed by atoms with Crippen molar-refractivity contribution in [3.8, 4) is 0 Å². The monoisotopic (exact) mass is 327 g/mol. The minimum Gasteiger partial charge on any atom is -0.350 e. The van der Waals surface area contributed by atoms with Gasteiger partial charge in [-0.3, -0.25) is 4.79 Å². The lowest BCUT2D eigenvalue weighted by atomic mass is 10.2. The topological polar surface area (TPSA) is 61.4 Å². The summed E-state index contributed by atoms with van der Waals surface area (Å²) in [6.07, 6.45) is 0. The lowest BCUT2D eigenvalue weighted by molar-refractivity contribution is -0.122. The van der Waals surface area contributed by atoms with Gasteiger partial charge in [-0.05, 0) is 23.3 Å². The Kier molecular flexibility index (Phi) is 4.74. The summed E-state index contributed by atoms with van der Waals surface area (Å²) in [5, 5.41) is 5.40. The number of urea groups is 1. The largest absolute Gasteiger partial charge is 0.350 e. The van der Waals surface area contributed by atoms with Crippen molar-refractivity contribution in [1.82, 2.24) is 15.5 Å². The summed E-state index contributed by atoms with van der Waals surface area (Å²) in [7, 11) is 0. The first kappa shape index (κ1) is 16.0. The van der Waals surface area contributed by atoms with Gasteiger partial charge in [0.2, 0.25) is 5.91 Å². The van der Waals surface area contributed by atoms with Crippen LogP contribution in [0.25, 0.3) is 0 Å². The Hall–Kier alpha value is -2.89. The van der Waals surface area contributed by atoms with E-state index in [4.69, 9.17) is 0 Å². The molecule has 2 aromatic rings. The van der Waals surface area contributed by atoms with Gasteiger partial charge in [-0.25, -0.2) is 9.18 Å². The molecule has 1 saturated heterocycles. The molecule has 0 bridgehead atoms. The van der Waals surface area contributed by atoms with E-state index in [0.29, 0.717) is 18.7 Å². The number of carbonyl (C=O) groups is 2. The van der Waals surface area contributed by atoms with Gasteiger partial charge in [0.1, 0.15) is 11.9 Å². The summed E-state index contributed by atoms with van der Waals surface area (Å²) >= 11 is 0. The molecule has 2 aromatic carbocycles. The molecule has 1 aliphatic heterocycles. The number of halogens is 1. The van der Waals surface area contributed by atoms with Crippen LogP contribution in [-0.2, 0) is 17.9 Å². The van der Waals surface area contributed by atoms with E-state index < -0.39 is 6.04 Å². The molecule has 24 heavy (non-hydrogen) atoms. The number of nitrogens with zero attached hydrogens (tertiary/aromatic N) is 1. The highest BCUT2D eigenvalue weighted by Crippen LogP contribution is 2.11. The maximum absolute atomic E-state index is 13.1. The van der Waals surface area contributed by atoms with E-state index in [1.807, 2.05) is 30.3 Å². The van der Waals surface area contributed by atoms with Crippen molar-refractivity contribution in [1.29, 1.82) is 0 Å². The quantitative estimate of drug-likeness (QED) is 0.883. The minimum atomic E-state index is -0.602. The molecule has 1 aliphatic rings. The van der Waals surface area contributed by atoms with Gasteiger partial charge in [-0.2, -0.15) is 0 Å². The third kappa shape index (κ3) is 3.90. The van der Waals surface area contributed by atoms with Gasteiger partial charge < -0.3 is 15.5 Å². The molecule has 3 amide bonds. The van der Waals surface area contributed by atoms with E-state index in [1.54, 1.807) is 17.0 Å². The highest BCUT2D eigenvalue weighted by Gasteiger charge is 2.33. The molecule has 0 aliphatic carbocycles. The molecule has 0 saturated carbocycles. The van der Waals surface area contributed by atoms with Crippen LogP contribution in [0.2, 0.25) is 0 Å². The van der Waals surface area contributed by atoms with Crippen molar-refractivity contribution in [2.24, 2.45) is 0 Å². The zero-order valence-corrected chi connectivity index (χ0v) is 13.0. The second-order valence-corrected chi connectivity index (χ2v) is 5.72. The number of nitrogens with one attached hydrogen (secondary N) is 2. The first-order valence-electron chi connectivity index (χ1n) is 7.73. The summed E-state index contributed by atoms with van der Waals surface area (Å²) in [5.41, 5.74) is 1.68. The Morgan fingerprint density at radius 3 is 2.67 bits per heavy atom. The average molecular weight is 327 g/mol. The fourth-order valence-electron chi connectivity index (χ4n) is 2.64. The van der Waals surface area contributed by atoms with Crippen molar-refractivity contribution in [3.05, 3.63) is 71.5 Å². The Morgan fingerprint density at radius 2 is 1.92 bits per heavy atom. The van der Waals surface area contributed by atoms with Gasteiger partial charge in [0, 0.05) is 13.1 Å². The van der Waals surface area contributed by atoms with Crippen LogP contribution in [-0.4, -0.2) is 29.4 Å². The van der Waals surface area contributed by atoms with E-state index >= 15 is 0 Å². The lowest BCUT2D eigenvalue weighted by Crippen LogP contribution is -2.42. The summed E-state index contributed by atoms with van der Waals surface area (Å²) in [4.78, 5) is 25.8. The molecule has 3 rings (SSSR count). The number of carbonyl (C=O) groups excluding carboxylic acids is 2. The van der Waals surface area contributed by atoms with Crippen LogP contribution < -0.4 is 10.6 Å². The SMILES string of the molecule is O=C(NCc1cccc(F)c1)C1CN(Cc2ccccc2)C(=O)N1. The normalized spacial score (nSPS) is 16.8. The first-order valence-corrected chi connectivity index (χ1v) is 7.73. The van der Waals surface area contributed by atoms with Crippen molar-refractivity contribution in [2.75, 3.05) is 6.54 Å². The van der Waals surface area contributed by atoms with Crippen LogP contribution in [0.1, 0.15) is 11.1 Å². The van der Waals surface area contributed by atoms with Gasteiger partial charge in [-0.15, -0.1) is 0 Å². The van der Waals surface area contributed by atoms with Crippen molar-refractivity contribution in [3.63, 3.8) is 0 Å². The third-order valence-corrected chi connectivity index (χ3v) is 3.88. The summed E-state index contributed by atoms with van der Waals surface area (Å²) < 4.78 is 13.1. The van der Waals surface area contributed by atoms with Crippen LogP contribution in [0.4, 0.5) is 9.18 Å². The number of amides is 3. The highest BCUT2D eigenvalue weighted by molar-refractivity contribution is 5.90. The Bertz CT molecular complexity index is 736. The van der Waals surface area contributed by atoms with Gasteiger partial charge in [0.05, 0.1) is 6.54 Å². The smallest absolute Gasteiger partial charge is 0.318 e. The predicted octanol–water partition coefficient (Wildman–Crippen LogP) is 2.04. The van der Waals surface area contributed by atoms with E-state index in [1.165, 1.54) is 12.1 Å². The minimum absolute atomic E-state index is 0.224. The molecule has 5 nitrogen and oxygen atoms in total. The van der Waals surface area contributed by atoms with Crippen LogP contribution in [0.3, 0.4) is 0 Å². The Balaban J connectivity index is 1.54. The molecule has 1 atom stereocenters. The van der Waals surface area contributed by atoms with Crippen LogP contribution >= 0.6 is 0 Å². The standard InChI is InChI=1S/C18H18FN3O2/c19-15-8-4-7-14(9-15)10-20-17(23)16-12-22(18(24)21-16)11-13-5-2-1-3-6-13/h1-9,16H,10-12H2,(H,20,23)(H,21,24). The van der Waals surface area contributed by atoms with Gasteiger partial charge in [0.15, 0.2) is 0 Å². The molecule has 1 unspecified atom stereocenters. The fourth-order valence-corrected chi connectivity index (χ4v) is 2.64. The molecular weight excluding hydrogens is 309 g/mol. The molecule has 6 heteroatoms. The summed E-state index contributed by atoms with van der Waals surface area (Å²) in [6.45, 7) is 0.991. The highest BCUT2D eigenvalue weighted by atomic mass is 19.1. The average Bonchev–Trinajstić information content (AvgIpc) is 2.95. The molecule has 0 radical (unpaired) electrons. The van der Waals surface area contributed by atoms with E-state index in [0.717, 1.165) is 5.56 Å². The molecule has 1 heterocycles. The number of hydrogen-bond donors (Lipinski definition) is 2. The number of benzene rings is 2. The second kappa shape index (κ2) is 7.12. The molecule has 1 fully saturated rings. The molecule has 124 valence electrons. The van der Waals surface area contributed by atoms with Crippen LogP contribution in [0.5, 0.6) is 0 Å². The summed E-state index contributed by atoms with van der Waals surface area (Å²) in [5.74, 6) is -0.617. The van der Waals surface area contributed by atoms with Gasteiger partial charge in [-0.1, -0.05) is 42.5 Å². The molecule has 0 spiro atoms. The summed E-state index contributed by atoms with van der Waals surface area (Å²) in [6, 6.07) is 14.8. The van der Waals surface area contributed by atoms with E-state index in [2.05, 4.69) is 10.6 Å². The van der Waals surface area contributed by atoms with Crippen LogP contribution in [0.15, 0.2) is 54.6 Å². The Labute approximate surface area is 139 Å². The fraction of sp³-hybridized carbons (Fsp3) is 0.222. The maximum Gasteiger partial charge on any atom is 0.318 e. The van der Waals surface area contributed by atoms with E-state index in [9.17, 15) is 14.0 Å². The maximum atomic E-state index is 13.1. The van der Waals surface area contributed by atoms with E-state index in [-0.39, 0.29) is 24.3 Å². The molecular formula is C18H18FN3O2. The number of rotatable bonds is 5. The second-order valence-electron chi connectivity index (χ2n) is 5.72. The lowest BCUT2D eigenvalue weighted by Gasteiger charge is -2.14. The van der Waals surface area contributed by atoms with Gasteiger partial charge in [0.25, 0.3) is 0 Å². The van der Waals surface area contributed by atoms with Crippen molar-refractivity contribution < 1.29 is 14.0 Å². The van der Waals surface area contributed by atoms with Crippen molar-refractivity contribution in [2.45, 2.75) is 19.1 Å². The molecule has 0 aromatic heterocycles. The zero-order valence-electron chi connectivity index (χ0n) is 13.0. The molecule has 2 N–H and O–H groups in total. The number of hydrogen-bond acceptors (Lipinski definition) is 2. The third-order valence-electron chi connectivity index (χ3n) is 3.88. The Morgan fingerprint density at radius 1 is 1.17 bits per heavy atom. The van der Waals surface area contributed by atoms with Gasteiger partial charge >= 0.3 is 6.03 Å². The zero-order chi connectivity index (χ0) is 16.9. The predicted molar refractivity (Wildman–Crippen MR) is 87.4 cm³/mol. The van der Waals surface area contributed by atoms with Crippen LogP contribution in [0, 0.1) is 5.82 Å². The first-order chi connectivity index (χ1) is 11.6.